The van der Waals surface area contributed by atoms with Crippen LogP contribution in [0.25, 0.3) is 0 Å². The first kappa shape index (κ1) is 20.6. The van der Waals surface area contributed by atoms with Gasteiger partial charge in [0.2, 0.25) is 5.91 Å². The third-order valence-electron chi connectivity index (χ3n) is 5.36. The zero-order chi connectivity index (χ0) is 19.9. The molecule has 0 spiro atoms. The first-order valence-corrected chi connectivity index (χ1v) is 9.99. The summed E-state index contributed by atoms with van der Waals surface area (Å²) in [7, 11) is 1.60. The van der Waals surface area contributed by atoms with E-state index in [1.807, 2.05) is 24.0 Å². The van der Waals surface area contributed by atoms with E-state index in [-0.39, 0.29) is 17.9 Å². The van der Waals surface area contributed by atoms with Gasteiger partial charge >= 0.3 is 0 Å². The van der Waals surface area contributed by atoms with Gasteiger partial charge in [-0.2, -0.15) is 0 Å². The normalized spacial score (nSPS) is 19.7. The Balaban J connectivity index is 1.40. The van der Waals surface area contributed by atoms with Gasteiger partial charge in [-0.05, 0) is 37.5 Å². The van der Waals surface area contributed by atoms with Crippen LogP contribution in [0, 0.1) is 6.92 Å². The molecule has 0 radical (unpaired) electrons. The number of rotatable bonds is 7. The van der Waals surface area contributed by atoms with Crippen LogP contribution in [0.15, 0.2) is 18.2 Å². The summed E-state index contributed by atoms with van der Waals surface area (Å²) in [6.45, 7) is 5.93. The first-order valence-electron chi connectivity index (χ1n) is 9.99. The van der Waals surface area contributed by atoms with Crippen LogP contribution in [0.3, 0.4) is 0 Å². The number of nitrogens with zero attached hydrogens (tertiary/aromatic N) is 2. The maximum absolute atomic E-state index is 12.7. The minimum atomic E-state index is -0.0229. The van der Waals surface area contributed by atoms with Crippen LogP contribution in [0.1, 0.15) is 35.2 Å². The zero-order valence-electron chi connectivity index (χ0n) is 16.8. The van der Waals surface area contributed by atoms with Gasteiger partial charge in [-0.25, -0.2) is 0 Å². The summed E-state index contributed by atoms with van der Waals surface area (Å²) in [6.07, 6.45) is 2.68. The Morgan fingerprint density at radius 1 is 1.18 bits per heavy atom. The first-order chi connectivity index (χ1) is 13.6. The highest BCUT2D eigenvalue weighted by atomic mass is 16.5. The minimum absolute atomic E-state index is 0.0229. The summed E-state index contributed by atoms with van der Waals surface area (Å²) in [4.78, 5) is 28.7. The summed E-state index contributed by atoms with van der Waals surface area (Å²) >= 11 is 0. The van der Waals surface area contributed by atoms with Crippen molar-refractivity contribution in [3.8, 4) is 5.75 Å². The molecule has 2 aliphatic heterocycles. The lowest BCUT2D eigenvalue weighted by Crippen LogP contribution is -2.50. The van der Waals surface area contributed by atoms with Crippen molar-refractivity contribution in [2.75, 3.05) is 53.1 Å². The van der Waals surface area contributed by atoms with E-state index in [1.54, 1.807) is 18.1 Å². The van der Waals surface area contributed by atoms with Crippen molar-refractivity contribution in [3.63, 3.8) is 0 Å². The largest absolute Gasteiger partial charge is 0.496 e. The molecule has 154 valence electrons. The van der Waals surface area contributed by atoms with Crippen LogP contribution in [-0.2, 0) is 14.3 Å². The van der Waals surface area contributed by atoms with Crippen molar-refractivity contribution in [2.45, 2.75) is 32.3 Å². The van der Waals surface area contributed by atoms with Gasteiger partial charge in [0.05, 0.1) is 32.8 Å². The number of aryl methyl sites for hydroxylation is 1. The van der Waals surface area contributed by atoms with Crippen molar-refractivity contribution >= 4 is 11.8 Å². The third kappa shape index (κ3) is 5.23. The van der Waals surface area contributed by atoms with Gasteiger partial charge in [0, 0.05) is 38.3 Å². The Kier molecular flexibility index (Phi) is 7.28. The fourth-order valence-corrected chi connectivity index (χ4v) is 3.60. The van der Waals surface area contributed by atoms with Crippen LogP contribution >= 0.6 is 0 Å². The van der Waals surface area contributed by atoms with Gasteiger partial charge in [0.25, 0.3) is 5.91 Å². The summed E-state index contributed by atoms with van der Waals surface area (Å²) in [6, 6.07) is 5.49. The molecule has 0 N–H and O–H groups in total. The predicted octanol–water partition coefficient (Wildman–Crippen LogP) is 1.87. The number of piperazine rings is 1. The Morgan fingerprint density at radius 3 is 2.61 bits per heavy atom. The van der Waals surface area contributed by atoms with E-state index in [0.29, 0.717) is 57.1 Å². The molecule has 0 aromatic heterocycles. The number of carbonyl (C=O) groups is 2. The van der Waals surface area contributed by atoms with Gasteiger partial charge in [0.1, 0.15) is 5.75 Å². The van der Waals surface area contributed by atoms with Gasteiger partial charge in [-0.1, -0.05) is 6.07 Å². The fourth-order valence-electron chi connectivity index (χ4n) is 3.60. The van der Waals surface area contributed by atoms with Gasteiger partial charge in [0.15, 0.2) is 0 Å². The Bertz CT molecular complexity index is 679. The summed E-state index contributed by atoms with van der Waals surface area (Å²) in [5, 5.41) is 0. The number of benzene rings is 1. The lowest BCUT2D eigenvalue weighted by molar-refractivity contribution is -0.134. The molecule has 2 saturated heterocycles. The molecule has 1 aromatic rings. The molecule has 0 aliphatic carbocycles. The predicted molar refractivity (Wildman–Crippen MR) is 105 cm³/mol. The third-order valence-corrected chi connectivity index (χ3v) is 5.36. The van der Waals surface area contributed by atoms with Crippen LogP contribution in [-0.4, -0.2) is 80.8 Å². The minimum Gasteiger partial charge on any atom is -0.496 e. The average Bonchev–Trinajstić information content (AvgIpc) is 3.24. The molecule has 7 nitrogen and oxygen atoms in total. The van der Waals surface area contributed by atoms with Crippen LogP contribution < -0.4 is 4.74 Å². The lowest BCUT2D eigenvalue weighted by atomic mass is 10.1. The molecule has 1 aromatic carbocycles. The quantitative estimate of drug-likeness (QED) is 0.665. The lowest BCUT2D eigenvalue weighted by Gasteiger charge is -2.35. The van der Waals surface area contributed by atoms with E-state index in [2.05, 4.69) is 0 Å². The van der Waals surface area contributed by atoms with Crippen molar-refractivity contribution < 1.29 is 23.8 Å². The van der Waals surface area contributed by atoms with E-state index in [9.17, 15) is 9.59 Å². The Hall–Kier alpha value is -2.12. The molecular weight excluding hydrogens is 360 g/mol. The molecule has 0 saturated carbocycles. The maximum Gasteiger partial charge on any atom is 0.254 e. The van der Waals surface area contributed by atoms with E-state index in [0.717, 1.165) is 25.0 Å². The number of carbonyl (C=O) groups excluding carboxylic acids is 2. The molecule has 3 rings (SSSR count). The van der Waals surface area contributed by atoms with E-state index in [4.69, 9.17) is 14.2 Å². The SMILES string of the molecule is COc1cc(C(=O)N2CCN(C(=O)CCOCC3CCCO3)CC2)ccc1C. The molecule has 28 heavy (non-hydrogen) atoms. The molecule has 2 heterocycles. The number of ether oxygens (including phenoxy) is 3. The monoisotopic (exact) mass is 390 g/mol. The highest BCUT2D eigenvalue weighted by molar-refractivity contribution is 5.95. The topological polar surface area (TPSA) is 68.3 Å². The second-order valence-corrected chi connectivity index (χ2v) is 7.32. The molecule has 7 heteroatoms. The number of hydrogen-bond donors (Lipinski definition) is 0. The van der Waals surface area contributed by atoms with Crippen molar-refractivity contribution in [3.05, 3.63) is 29.3 Å². The van der Waals surface area contributed by atoms with E-state index in [1.165, 1.54) is 0 Å². The highest BCUT2D eigenvalue weighted by Crippen LogP contribution is 2.20. The Labute approximate surface area is 166 Å². The van der Waals surface area contributed by atoms with Crippen LogP contribution in [0.4, 0.5) is 0 Å². The molecule has 1 atom stereocenters. The summed E-state index contributed by atoms with van der Waals surface area (Å²) < 4.78 is 16.4. The summed E-state index contributed by atoms with van der Waals surface area (Å²) in [5.74, 6) is 0.768. The molecular formula is C21H30N2O5. The standard InChI is InChI=1S/C21H30N2O5/c1-16-5-6-17(14-19(16)26-2)21(25)23-10-8-22(9-11-23)20(24)7-13-27-15-18-4-3-12-28-18/h5-6,14,18H,3-4,7-13,15H2,1-2H3. The van der Waals surface area contributed by atoms with Crippen LogP contribution in [0.5, 0.6) is 5.75 Å². The van der Waals surface area contributed by atoms with Gasteiger partial charge in [-0.3, -0.25) is 9.59 Å². The molecule has 2 aliphatic rings. The van der Waals surface area contributed by atoms with Crippen LogP contribution in [0.2, 0.25) is 0 Å². The number of methoxy groups -OCH3 is 1. The fraction of sp³-hybridized carbons (Fsp3) is 0.619. The second-order valence-electron chi connectivity index (χ2n) is 7.32. The average molecular weight is 390 g/mol. The Morgan fingerprint density at radius 2 is 1.93 bits per heavy atom. The molecule has 0 bridgehead atoms. The van der Waals surface area contributed by atoms with Gasteiger partial charge < -0.3 is 24.0 Å². The zero-order valence-corrected chi connectivity index (χ0v) is 16.8. The molecule has 2 fully saturated rings. The summed E-state index contributed by atoms with van der Waals surface area (Å²) in [5.41, 5.74) is 1.61. The van der Waals surface area contributed by atoms with Gasteiger partial charge in [-0.15, -0.1) is 0 Å². The van der Waals surface area contributed by atoms with E-state index < -0.39 is 0 Å². The molecule has 2 amide bonds. The maximum atomic E-state index is 12.7. The van der Waals surface area contributed by atoms with Crippen molar-refractivity contribution in [2.24, 2.45) is 0 Å². The van der Waals surface area contributed by atoms with Crippen molar-refractivity contribution in [1.82, 2.24) is 9.80 Å². The van der Waals surface area contributed by atoms with E-state index >= 15 is 0 Å². The smallest absolute Gasteiger partial charge is 0.254 e. The highest BCUT2D eigenvalue weighted by Gasteiger charge is 2.25. The number of hydrogen-bond acceptors (Lipinski definition) is 5. The van der Waals surface area contributed by atoms with Crippen molar-refractivity contribution in [1.29, 1.82) is 0 Å². The second kappa shape index (κ2) is 9.89. The number of amides is 2. The molecule has 1 unspecified atom stereocenters.